The van der Waals surface area contributed by atoms with Gasteiger partial charge in [-0.1, -0.05) is 37.0 Å². The van der Waals surface area contributed by atoms with Crippen LogP contribution in [0.4, 0.5) is 0 Å². The van der Waals surface area contributed by atoms with E-state index in [0.717, 1.165) is 24.8 Å². The summed E-state index contributed by atoms with van der Waals surface area (Å²) in [5, 5.41) is 4.55. The number of amides is 1. The zero-order chi connectivity index (χ0) is 14.0. The first-order valence-corrected chi connectivity index (χ1v) is 7.41. The molecule has 0 spiro atoms. The molecule has 1 N–H and O–H groups in total. The van der Waals surface area contributed by atoms with Crippen LogP contribution in [-0.4, -0.2) is 11.4 Å². The minimum absolute atomic E-state index is 0.138. The molecule has 1 amide bonds. The van der Waals surface area contributed by atoms with Crippen molar-refractivity contribution >= 4 is 29.1 Å². The van der Waals surface area contributed by atoms with Crippen molar-refractivity contribution < 1.29 is 4.79 Å². The highest BCUT2D eigenvalue weighted by Gasteiger charge is 2.38. The number of carbonyl (C=O) groups excluding carboxylic acids is 1. The van der Waals surface area contributed by atoms with E-state index in [9.17, 15) is 4.79 Å². The van der Waals surface area contributed by atoms with Gasteiger partial charge in [0.05, 0.1) is 0 Å². The molecule has 1 aliphatic rings. The third-order valence-electron chi connectivity index (χ3n) is 3.57. The zero-order valence-corrected chi connectivity index (χ0v) is 12.8. The van der Waals surface area contributed by atoms with Gasteiger partial charge in [0.15, 0.2) is 0 Å². The molecule has 2 nitrogen and oxygen atoms in total. The molecule has 4 heteroatoms. The zero-order valence-electron chi connectivity index (χ0n) is 11.3. The number of rotatable bonds is 4. The van der Waals surface area contributed by atoms with E-state index in [2.05, 4.69) is 19.2 Å². The Labute approximate surface area is 124 Å². The minimum Gasteiger partial charge on any atom is -0.350 e. The lowest BCUT2D eigenvalue weighted by molar-refractivity contribution is -0.119. The van der Waals surface area contributed by atoms with Crippen LogP contribution in [0.25, 0.3) is 0 Å². The van der Waals surface area contributed by atoms with Crippen LogP contribution in [0.5, 0.6) is 0 Å². The third kappa shape index (κ3) is 3.64. The molecule has 1 heterocycles. The maximum absolute atomic E-state index is 11.6. The first-order valence-electron chi connectivity index (χ1n) is 6.65. The molecule has 0 bridgehead atoms. The average molecular weight is 300 g/mol. The Morgan fingerprint density at radius 3 is 2.68 bits per heavy atom. The molecule has 0 aromatic heterocycles. The van der Waals surface area contributed by atoms with Gasteiger partial charge in [-0.2, -0.15) is 0 Å². The summed E-state index contributed by atoms with van der Waals surface area (Å²) in [5.74, 6) is 0.662. The van der Waals surface area contributed by atoms with Crippen LogP contribution in [0.1, 0.15) is 38.7 Å². The molecule has 1 aromatic rings. The smallest absolute Gasteiger partial charge is 0.220 e. The monoisotopic (exact) mass is 299 g/mol. The molecule has 1 aliphatic heterocycles. The fourth-order valence-corrected chi connectivity index (χ4v) is 3.34. The second-order valence-corrected chi connectivity index (χ2v) is 6.68. The lowest BCUT2D eigenvalue weighted by Gasteiger charge is -2.31. The summed E-state index contributed by atoms with van der Waals surface area (Å²) in [4.78, 5) is 11.6. The van der Waals surface area contributed by atoms with Crippen LogP contribution in [0, 0.1) is 5.92 Å². The summed E-state index contributed by atoms with van der Waals surface area (Å²) in [6.07, 6.45) is 3.18. The fourth-order valence-electron chi connectivity index (χ4n) is 2.96. The van der Waals surface area contributed by atoms with E-state index in [1.807, 2.05) is 12.1 Å². The normalized spacial score (nSPS) is 22.9. The summed E-state index contributed by atoms with van der Waals surface area (Å²) in [5.41, 5.74) is 0.844. The van der Waals surface area contributed by atoms with E-state index < -0.39 is 0 Å². The van der Waals surface area contributed by atoms with Crippen molar-refractivity contribution in [3.63, 3.8) is 0 Å². The summed E-state index contributed by atoms with van der Waals surface area (Å²) in [6, 6.07) is 5.51. The van der Waals surface area contributed by atoms with Crippen molar-refractivity contribution in [3.8, 4) is 0 Å². The van der Waals surface area contributed by atoms with E-state index >= 15 is 0 Å². The molecule has 0 radical (unpaired) electrons. The van der Waals surface area contributed by atoms with Gasteiger partial charge < -0.3 is 5.32 Å². The maximum Gasteiger partial charge on any atom is 0.220 e. The largest absolute Gasteiger partial charge is 0.350 e. The van der Waals surface area contributed by atoms with Gasteiger partial charge in [-0.25, -0.2) is 0 Å². The van der Waals surface area contributed by atoms with Crippen LogP contribution < -0.4 is 5.32 Å². The fraction of sp³-hybridized carbons (Fsp3) is 0.533. The quantitative estimate of drug-likeness (QED) is 0.885. The van der Waals surface area contributed by atoms with Crippen molar-refractivity contribution in [2.75, 3.05) is 0 Å². The van der Waals surface area contributed by atoms with E-state index in [4.69, 9.17) is 23.2 Å². The van der Waals surface area contributed by atoms with Crippen LogP contribution >= 0.6 is 23.2 Å². The SMILES string of the molecule is CC(C)CC1(Cc2cc(Cl)ccc2Cl)CCC(=O)N1. The molecule has 1 fully saturated rings. The first kappa shape index (κ1) is 14.7. The molecule has 1 unspecified atom stereocenters. The van der Waals surface area contributed by atoms with Gasteiger partial charge >= 0.3 is 0 Å². The second kappa shape index (κ2) is 5.72. The first-order chi connectivity index (χ1) is 8.90. The van der Waals surface area contributed by atoms with Gasteiger partial charge in [0, 0.05) is 22.0 Å². The molecule has 1 saturated heterocycles. The predicted molar refractivity (Wildman–Crippen MR) is 79.7 cm³/mol. The van der Waals surface area contributed by atoms with E-state index in [1.165, 1.54) is 0 Å². The standard InChI is InChI=1S/C15H19Cl2NO/c1-10(2)8-15(6-5-14(19)18-15)9-11-7-12(16)3-4-13(11)17/h3-4,7,10H,5-6,8-9H2,1-2H3,(H,18,19). The Morgan fingerprint density at radius 1 is 1.37 bits per heavy atom. The van der Waals surface area contributed by atoms with Crippen molar-refractivity contribution in [2.24, 2.45) is 5.92 Å². The number of halogens is 2. The van der Waals surface area contributed by atoms with E-state index in [0.29, 0.717) is 22.4 Å². The molecule has 1 aromatic carbocycles. The van der Waals surface area contributed by atoms with E-state index in [-0.39, 0.29) is 11.4 Å². The number of benzene rings is 1. The van der Waals surface area contributed by atoms with Crippen LogP contribution in [0.3, 0.4) is 0 Å². The highest BCUT2D eigenvalue weighted by molar-refractivity contribution is 6.33. The van der Waals surface area contributed by atoms with Crippen molar-refractivity contribution in [2.45, 2.75) is 45.1 Å². The molecule has 2 rings (SSSR count). The van der Waals surface area contributed by atoms with Crippen LogP contribution in [0.15, 0.2) is 18.2 Å². The summed E-state index contributed by atoms with van der Waals surface area (Å²) in [6.45, 7) is 4.34. The molecular formula is C15H19Cl2NO. The highest BCUT2D eigenvalue weighted by atomic mass is 35.5. The molecule has 19 heavy (non-hydrogen) atoms. The maximum atomic E-state index is 11.6. The van der Waals surface area contributed by atoms with Gasteiger partial charge in [0.1, 0.15) is 0 Å². The lowest BCUT2D eigenvalue weighted by atomic mass is 9.82. The highest BCUT2D eigenvalue weighted by Crippen LogP contribution is 2.34. The van der Waals surface area contributed by atoms with Crippen LogP contribution in [0.2, 0.25) is 10.0 Å². The molecule has 104 valence electrons. The molecule has 0 aliphatic carbocycles. The van der Waals surface area contributed by atoms with Gasteiger partial charge in [0.2, 0.25) is 5.91 Å². The molecule has 1 atom stereocenters. The topological polar surface area (TPSA) is 29.1 Å². The summed E-state index contributed by atoms with van der Waals surface area (Å²) in [7, 11) is 0. The second-order valence-electron chi connectivity index (χ2n) is 5.84. The summed E-state index contributed by atoms with van der Waals surface area (Å²) < 4.78 is 0. The number of hydrogen-bond acceptors (Lipinski definition) is 1. The molecular weight excluding hydrogens is 281 g/mol. The van der Waals surface area contributed by atoms with Gasteiger partial charge in [0.25, 0.3) is 0 Å². The average Bonchev–Trinajstić information content (AvgIpc) is 2.64. The Balaban J connectivity index is 2.25. The third-order valence-corrected chi connectivity index (χ3v) is 4.17. The Bertz CT molecular complexity index is 487. The van der Waals surface area contributed by atoms with Gasteiger partial charge in [-0.3, -0.25) is 4.79 Å². The molecule has 0 saturated carbocycles. The number of carbonyl (C=O) groups is 1. The Hall–Kier alpha value is -0.730. The number of hydrogen-bond donors (Lipinski definition) is 1. The van der Waals surface area contributed by atoms with Crippen molar-refractivity contribution in [1.29, 1.82) is 0 Å². The van der Waals surface area contributed by atoms with Crippen molar-refractivity contribution in [3.05, 3.63) is 33.8 Å². The van der Waals surface area contributed by atoms with Gasteiger partial charge in [-0.15, -0.1) is 0 Å². The van der Waals surface area contributed by atoms with Gasteiger partial charge in [-0.05, 0) is 48.9 Å². The number of nitrogens with one attached hydrogen (secondary N) is 1. The Morgan fingerprint density at radius 2 is 2.11 bits per heavy atom. The minimum atomic E-state index is -0.167. The Kier molecular flexibility index (Phi) is 4.42. The summed E-state index contributed by atoms with van der Waals surface area (Å²) >= 11 is 12.3. The van der Waals surface area contributed by atoms with E-state index in [1.54, 1.807) is 6.07 Å². The van der Waals surface area contributed by atoms with Crippen molar-refractivity contribution in [1.82, 2.24) is 5.32 Å². The lowest BCUT2D eigenvalue weighted by Crippen LogP contribution is -2.44. The predicted octanol–water partition coefficient (Wildman–Crippen LogP) is 4.23. The van der Waals surface area contributed by atoms with Crippen LogP contribution in [-0.2, 0) is 11.2 Å².